The van der Waals surface area contributed by atoms with E-state index in [0.29, 0.717) is 0 Å². The average Bonchev–Trinajstić information content (AvgIpc) is 2.68. The fraction of sp³-hybridized carbons (Fsp3) is 0.259. The Hall–Kier alpha value is -2.60. The molecule has 3 rings (SSSR count). The SMILES string of the molecule is C.C=C.C=C(C)C(=C)CCCc1cc(=C)c2cccc3cccc1c32.CC. The van der Waals surface area contributed by atoms with E-state index in [0.717, 1.165) is 35.6 Å². The van der Waals surface area contributed by atoms with Crippen LogP contribution in [0.1, 0.15) is 46.6 Å². The van der Waals surface area contributed by atoms with Crippen LogP contribution in [-0.4, -0.2) is 0 Å². The minimum absolute atomic E-state index is 0. The van der Waals surface area contributed by atoms with Crippen LogP contribution >= 0.6 is 0 Å². The van der Waals surface area contributed by atoms with Crippen LogP contribution < -0.4 is 5.22 Å². The minimum atomic E-state index is 0. The highest BCUT2D eigenvalue weighted by atomic mass is 14.1. The van der Waals surface area contributed by atoms with Gasteiger partial charge in [-0.1, -0.05) is 94.6 Å². The molecule has 0 unspecified atom stereocenters. The second kappa shape index (κ2) is 11.9. The number of rotatable bonds is 5. The maximum atomic E-state index is 4.25. The van der Waals surface area contributed by atoms with E-state index in [1.165, 1.54) is 27.1 Å². The third kappa shape index (κ3) is 5.69. The van der Waals surface area contributed by atoms with Gasteiger partial charge in [-0.05, 0) is 58.5 Å². The summed E-state index contributed by atoms with van der Waals surface area (Å²) in [4.78, 5) is 0. The quantitative estimate of drug-likeness (QED) is 0.319. The van der Waals surface area contributed by atoms with Crippen molar-refractivity contribution in [2.24, 2.45) is 0 Å². The van der Waals surface area contributed by atoms with Crippen LogP contribution in [0.15, 0.2) is 79.9 Å². The van der Waals surface area contributed by atoms with Crippen molar-refractivity contribution in [3.05, 3.63) is 90.7 Å². The topological polar surface area (TPSA) is 0 Å². The van der Waals surface area contributed by atoms with Gasteiger partial charge in [0.15, 0.2) is 0 Å². The molecule has 0 bridgehead atoms. The maximum absolute atomic E-state index is 4.25. The van der Waals surface area contributed by atoms with Crippen molar-refractivity contribution in [3.63, 3.8) is 0 Å². The number of hydrogen-bond acceptors (Lipinski definition) is 0. The van der Waals surface area contributed by atoms with Crippen LogP contribution in [-0.2, 0) is 6.42 Å². The molecule has 0 nitrogen and oxygen atoms in total. The van der Waals surface area contributed by atoms with Crippen molar-refractivity contribution in [2.75, 3.05) is 0 Å². The number of hydrogen-bond donors (Lipinski definition) is 0. The van der Waals surface area contributed by atoms with Crippen LogP contribution in [0.25, 0.3) is 28.1 Å². The first-order valence-corrected chi connectivity index (χ1v) is 9.33. The monoisotopic (exact) mass is 360 g/mol. The van der Waals surface area contributed by atoms with E-state index in [1.54, 1.807) is 0 Å². The van der Waals surface area contributed by atoms with Gasteiger partial charge in [0.05, 0.1) is 0 Å². The standard InChI is InChI=1S/C22H22.C2H6.C2H4.CH4/c1-15(2)16(3)8-5-11-19-14-17(4)20-12-6-9-18-10-7-13-21(19)22(18)20;2*1-2;/h6-7,9-10,12-14H,1,3-5,8,11H2,2H3;1-2H3;1-2H2;1H4. The summed E-state index contributed by atoms with van der Waals surface area (Å²) in [6, 6.07) is 15.3. The number of aryl methyl sites for hydroxylation is 1. The average molecular weight is 361 g/mol. The van der Waals surface area contributed by atoms with E-state index in [2.05, 4.69) is 75.4 Å². The third-order valence-electron chi connectivity index (χ3n) is 4.47. The number of allylic oxidation sites excluding steroid dienone is 2. The summed E-state index contributed by atoms with van der Waals surface area (Å²) in [6.45, 7) is 24.3. The Balaban J connectivity index is 0.00000127. The molecule has 0 N–H and O–H groups in total. The number of benzene rings is 3. The van der Waals surface area contributed by atoms with Crippen molar-refractivity contribution in [1.82, 2.24) is 0 Å². The molecule has 3 aromatic carbocycles. The molecule has 0 aromatic heterocycles. The van der Waals surface area contributed by atoms with Crippen molar-refractivity contribution in [3.8, 4) is 0 Å². The van der Waals surface area contributed by atoms with Crippen LogP contribution in [0.3, 0.4) is 0 Å². The van der Waals surface area contributed by atoms with E-state index >= 15 is 0 Å². The molecule has 0 amide bonds. The highest BCUT2D eigenvalue weighted by Crippen LogP contribution is 2.28. The zero-order chi connectivity index (χ0) is 19.7. The van der Waals surface area contributed by atoms with Gasteiger partial charge in [0.25, 0.3) is 0 Å². The molecule has 0 radical (unpaired) electrons. The van der Waals surface area contributed by atoms with E-state index < -0.39 is 0 Å². The smallest absolute Gasteiger partial charge is 0.00303 e. The molecule has 27 heavy (non-hydrogen) atoms. The molecule has 0 saturated carbocycles. The van der Waals surface area contributed by atoms with Gasteiger partial charge < -0.3 is 0 Å². The maximum Gasteiger partial charge on any atom is -0.00303 e. The van der Waals surface area contributed by atoms with Gasteiger partial charge in [-0.15, -0.1) is 13.2 Å². The van der Waals surface area contributed by atoms with Crippen LogP contribution in [0.5, 0.6) is 0 Å². The molecule has 0 fully saturated rings. The molecule has 0 heterocycles. The van der Waals surface area contributed by atoms with Crippen LogP contribution in [0, 0.1) is 0 Å². The first-order chi connectivity index (χ1) is 12.6. The second-order valence-corrected chi connectivity index (χ2v) is 6.14. The van der Waals surface area contributed by atoms with E-state index in [9.17, 15) is 0 Å². The summed E-state index contributed by atoms with van der Waals surface area (Å²) in [5, 5.41) is 6.40. The Bertz CT molecular complexity index is 922. The van der Waals surface area contributed by atoms with Gasteiger partial charge >= 0.3 is 0 Å². The largest absolute Gasteiger partial charge is 0.106 e. The van der Waals surface area contributed by atoms with Gasteiger partial charge in [-0.3, -0.25) is 0 Å². The Morgan fingerprint density at radius 1 is 0.926 bits per heavy atom. The Morgan fingerprint density at radius 2 is 1.48 bits per heavy atom. The van der Waals surface area contributed by atoms with Gasteiger partial charge in [-0.2, -0.15) is 0 Å². The van der Waals surface area contributed by atoms with Crippen molar-refractivity contribution < 1.29 is 0 Å². The van der Waals surface area contributed by atoms with E-state index in [4.69, 9.17) is 0 Å². The lowest BCUT2D eigenvalue weighted by Crippen LogP contribution is -2.03. The molecule has 0 saturated heterocycles. The molecule has 0 atom stereocenters. The lowest BCUT2D eigenvalue weighted by atomic mass is 9.92. The molecular weight excluding hydrogens is 324 g/mol. The highest BCUT2D eigenvalue weighted by molar-refractivity contribution is 6.11. The van der Waals surface area contributed by atoms with Crippen molar-refractivity contribution in [2.45, 2.75) is 47.5 Å². The molecule has 0 aliphatic rings. The Kier molecular flexibility index (Phi) is 10.8. The van der Waals surface area contributed by atoms with E-state index in [1.807, 2.05) is 20.8 Å². The summed E-state index contributed by atoms with van der Waals surface area (Å²) in [7, 11) is 0. The Labute approximate surface area is 166 Å². The van der Waals surface area contributed by atoms with Gasteiger partial charge in [-0.25, -0.2) is 0 Å². The molecule has 0 spiro atoms. The fourth-order valence-electron chi connectivity index (χ4n) is 3.15. The molecule has 0 aliphatic heterocycles. The van der Waals surface area contributed by atoms with Crippen molar-refractivity contribution in [1.29, 1.82) is 0 Å². The predicted molar refractivity (Wildman–Crippen MR) is 128 cm³/mol. The van der Waals surface area contributed by atoms with Crippen molar-refractivity contribution >= 4 is 28.1 Å². The lowest BCUT2D eigenvalue weighted by molar-refractivity contribution is 0.823. The summed E-state index contributed by atoms with van der Waals surface area (Å²) in [5.74, 6) is 0. The summed E-state index contributed by atoms with van der Waals surface area (Å²) in [6.07, 6.45) is 3.17. The first-order valence-electron chi connectivity index (χ1n) is 9.33. The van der Waals surface area contributed by atoms with Gasteiger partial charge in [0.1, 0.15) is 0 Å². The predicted octanol–water partition coefficient (Wildman–Crippen LogP) is 8.04. The minimum Gasteiger partial charge on any atom is -0.106 e. The lowest BCUT2D eigenvalue weighted by Gasteiger charge is -2.12. The normalized spacial score (nSPS) is 9.44. The van der Waals surface area contributed by atoms with Crippen LogP contribution in [0.4, 0.5) is 0 Å². The van der Waals surface area contributed by atoms with Gasteiger partial charge in [0.2, 0.25) is 0 Å². The fourth-order valence-corrected chi connectivity index (χ4v) is 3.15. The Morgan fingerprint density at radius 3 is 2.04 bits per heavy atom. The van der Waals surface area contributed by atoms with Gasteiger partial charge in [0, 0.05) is 0 Å². The summed E-state index contributed by atoms with van der Waals surface area (Å²) >= 11 is 0. The molecule has 144 valence electrons. The zero-order valence-electron chi connectivity index (χ0n) is 16.7. The molecule has 3 aromatic rings. The molecular formula is C27H36. The molecule has 0 heteroatoms. The third-order valence-corrected chi connectivity index (χ3v) is 4.47. The highest BCUT2D eigenvalue weighted by Gasteiger charge is 2.07. The van der Waals surface area contributed by atoms with Crippen LogP contribution in [0.2, 0.25) is 0 Å². The molecule has 0 aliphatic carbocycles. The first kappa shape index (κ1) is 24.4. The second-order valence-electron chi connectivity index (χ2n) is 6.14. The summed E-state index contributed by atoms with van der Waals surface area (Å²) < 4.78 is 0. The van der Waals surface area contributed by atoms with E-state index in [-0.39, 0.29) is 7.43 Å². The zero-order valence-corrected chi connectivity index (χ0v) is 16.7. The summed E-state index contributed by atoms with van der Waals surface area (Å²) in [5.41, 5.74) is 3.65.